The molecule has 1 amide bonds. The van der Waals surface area contributed by atoms with E-state index >= 15 is 0 Å². The molecule has 1 N–H and O–H groups in total. The monoisotopic (exact) mass is 387 g/mol. The van der Waals surface area contributed by atoms with Crippen LogP contribution in [-0.4, -0.2) is 40.7 Å². The lowest BCUT2D eigenvalue weighted by Crippen LogP contribution is -2.41. The Balaban J connectivity index is 1.98. The summed E-state index contributed by atoms with van der Waals surface area (Å²) in [5.74, 6) is -0.118. The molecule has 142 valence electrons. The Morgan fingerprint density at radius 2 is 1.89 bits per heavy atom. The number of amides is 1. The van der Waals surface area contributed by atoms with Crippen molar-refractivity contribution in [3.63, 3.8) is 0 Å². The third-order valence-corrected chi connectivity index (χ3v) is 5.36. The van der Waals surface area contributed by atoms with E-state index in [1.54, 1.807) is 0 Å². The van der Waals surface area contributed by atoms with Gasteiger partial charge in [0, 0.05) is 18.9 Å². The van der Waals surface area contributed by atoms with Gasteiger partial charge in [-0.15, -0.1) is 0 Å². The van der Waals surface area contributed by atoms with Crippen LogP contribution in [0.15, 0.2) is 30.0 Å². The molecule has 2 heterocycles. The van der Waals surface area contributed by atoms with Crippen molar-refractivity contribution in [3.05, 3.63) is 40.7 Å². The van der Waals surface area contributed by atoms with Gasteiger partial charge in [0.2, 0.25) is 5.91 Å². The van der Waals surface area contributed by atoms with Crippen LogP contribution < -0.4 is 5.32 Å². The number of carbonyl (C=O) groups is 1. The zero-order chi connectivity index (χ0) is 19.8. The number of fused-ring (bicyclic) bond motifs is 1. The van der Waals surface area contributed by atoms with E-state index in [9.17, 15) is 4.79 Å². The summed E-state index contributed by atoms with van der Waals surface area (Å²) in [6.45, 7) is 9.79. The highest BCUT2D eigenvalue weighted by molar-refractivity contribution is 6.56. The average Bonchev–Trinajstić information content (AvgIpc) is 2.79. The van der Waals surface area contributed by atoms with Crippen molar-refractivity contribution in [1.29, 1.82) is 0 Å². The second kappa shape index (κ2) is 7.22. The Bertz CT molecular complexity index is 898. The van der Waals surface area contributed by atoms with E-state index in [1.807, 2.05) is 52.0 Å². The fraction of sp³-hybridized carbons (Fsp3) is 0.421. The molecule has 1 aromatic carbocycles. The van der Waals surface area contributed by atoms with Crippen LogP contribution in [0.25, 0.3) is 17.0 Å². The molecule has 3 rings (SSSR count). The molecule has 1 fully saturated rings. The molecular formula is C19H23BClN3O3. The average molecular weight is 388 g/mol. The van der Waals surface area contributed by atoms with Crippen LogP contribution in [0.1, 0.15) is 40.2 Å². The molecule has 6 nitrogen and oxygen atoms in total. The molecule has 0 spiro atoms. The molecule has 27 heavy (non-hydrogen) atoms. The standard InChI is InChI=1S/C19H23BClN3O3/c1-12(25)22-10-14(20-26-18(2,3)19(4,5)27-20)8-13-6-7-16-15(9-13)17(21)24-11-23-16/h6-9,11H,10H2,1-5H3,(H,22,25). The van der Waals surface area contributed by atoms with E-state index in [4.69, 9.17) is 20.9 Å². The Hall–Kier alpha value is -1.96. The molecular weight excluding hydrogens is 364 g/mol. The van der Waals surface area contributed by atoms with Crippen LogP contribution >= 0.6 is 11.6 Å². The van der Waals surface area contributed by atoms with Crippen molar-refractivity contribution in [1.82, 2.24) is 15.3 Å². The van der Waals surface area contributed by atoms with Crippen LogP contribution in [-0.2, 0) is 14.1 Å². The molecule has 2 aromatic rings. The maximum atomic E-state index is 11.4. The first-order chi connectivity index (χ1) is 12.6. The zero-order valence-electron chi connectivity index (χ0n) is 16.2. The van der Waals surface area contributed by atoms with Gasteiger partial charge in [-0.3, -0.25) is 4.79 Å². The van der Waals surface area contributed by atoms with Crippen LogP contribution in [0.4, 0.5) is 0 Å². The Morgan fingerprint density at radius 3 is 2.52 bits per heavy atom. The first-order valence-electron chi connectivity index (χ1n) is 8.80. The van der Waals surface area contributed by atoms with E-state index in [1.165, 1.54) is 13.3 Å². The molecule has 1 aromatic heterocycles. The quantitative estimate of drug-likeness (QED) is 0.642. The van der Waals surface area contributed by atoms with Crippen molar-refractivity contribution in [2.45, 2.75) is 45.8 Å². The van der Waals surface area contributed by atoms with Crippen molar-refractivity contribution in [3.8, 4) is 0 Å². The first-order valence-corrected chi connectivity index (χ1v) is 9.18. The fourth-order valence-corrected chi connectivity index (χ4v) is 2.97. The van der Waals surface area contributed by atoms with Crippen LogP contribution in [0.3, 0.4) is 0 Å². The molecule has 1 aliphatic heterocycles. The minimum absolute atomic E-state index is 0.118. The summed E-state index contributed by atoms with van der Waals surface area (Å²) in [6, 6.07) is 5.73. The smallest absolute Gasteiger partial charge is 0.400 e. The van der Waals surface area contributed by atoms with E-state index in [0.29, 0.717) is 11.7 Å². The molecule has 8 heteroatoms. The van der Waals surface area contributed by atoms with Gasteiger partial charge in [0.05, 0.1) is 16.7 Å². The van der Waals surface area contributed by atoms with Gasteiger partial charge in [-0.05, 0) is 50.9 Å². The summed E-state index contributed by atoms with van der Waals surface area (Å²) in [4.78, 5) is 19.7. The Kier molecular flexibility index (Phi) is 5.30. The minimum atomic E-state index is -0.556. The number of benzene rings is 1. The molecule has 0 aliphatic carbocycles. The molecule has 1 saturated heterocycles. The second-order valence-electron chi connectivity index (χ2n) is 7.66. The number of nitrogens with one attached hydrogen (secondary N) is 1. The summed E-state index contributed by atoms with van der Waals surface area (Å²) in [7, 11) is -0.556. The van der Waals surface area contributed by atoms with Gasteiger partial charge < -0.3 is 14.6 Å². The summed E-state index contributed by atoms with van der Waals surface area (Å²) < 4.78 is 12.3. The van der Waals surface area contributed by atoms with Crippen molar-refractivity contribution >= 4 is 41.6 Å². The topological polar surface area (TPSA) is 73.3 Å². The van der Waals surface area contributed by atoms with E-state index in [-0.39, 0.29) is 5.91 Å². The van der Waals surface area contributed by atoms with E-state index < -0.39 is 18.3 Å². The van der Waals surface area contributed by atoms with Crippen LogP contribution in [0.2, 0.25) is 5.15 Å². The third-order valence-electron chi connectivity index (χ3n) is 5.06. The number of aromatic nitrogens is 2. The Labute approximate surface area is 164 Å². The van der Waals surface area contributed by atoms with Gasteiger partial charge in [0.15, 0.2) is 0 Å². The lowest BCUT2D eigenvalue weighted by molar-refractivity contribution is -0.118. The second-order valence-corrected chi connectivity index (χ2v) is 8.02. The van der Waals surface area contributed by atoms with Gasteiger partial charge in [-0.25, -0.2) is 9.97 Å². The number of nitrogens with zero attached hydrogens (tertiary/aromatic N) is 2. The fourth-order valence-electron chi connectivity index (χ4n) is 2.77. The largest absolute Gasteiger partial charge is 0.492 e. The highest BCUT2D eigenvalue weighted by atomic mass is 35.5. The maximum absolute atomic E-state index is 11.4. The number of hydrogen-bond acceptors (Lipinski definition) is 5. The molecule has 0 unspecified atom stereocenters. The van der Waals surface area contributed by atoms with Gasteiger partial charge in [-0.2, -0.15) is 0 Å². The van der Waals surface area contributed by atoms with Gasteiger partial charge in [0.25, 0.3) is 0 Å². The van der Waals surface area contributed by atoms with E-state index in [2.05, 4.69) is 15.3 Å². The number of rotatable bonds is 4. The number of hydrogen-bond donors (Lipinski definition) is 1. The normalized spacial score (nSPS) is 18.7. The highest BCUT2D eigenvalue weighted by Gasteiger charge is 2.52. The summed E-state index contributed by atoms with van der Waals surface area (Å²) in [5.41, 5.74) is 1.55. The molecule has 0 atom stereocenters. The Morgan fingerprint density at radius 1 is 1.22 bits per heavy atom. The molecule has 0 bridgehead atoms. The predicted molar refractivity (Wildman–Crippen MR) is 107 cm³/mol. The van der Waals surface area contributed by atoms with Crippen LogP contribution in [0, 0.1) is 0 Å². The first kappa shape index (κ1) is 19.8. The maximum Gasteiger partial charge on any atom is 0.492 e. The number of carbonyl (C=O) groups excluding carboxylic acids is 1. The lowest BCUT2D eigenvalue weighted by Gasteiger charge is -2.32. The predicted octanol–water partition coefficient (Wildman–Crippen LogP) is 3.43. The van der Waals surface area contributed by atoms with Crippen molar-refractivity contribution in [2.24, 2.45) is 0 Å². The summed E-state index contributed by atoms with van der Waals surface area (Å²) in [5, 5.41) is 3.99. The zero-order valence-corrected chi connectivity index (χ0v) is 16.9. The van der Waals surface area contributed by atoms with Gasteiger partial charge in [-0.1, -0.05) is 23.7 Å². The summed E-state index contributed by atoms with van der Waals surface area (Å²) in [6.07, 6.45) is 3.38. The molecule has 0 radical (unpaired) electrons. The van der Waals surface area contributed by atoms with Gasteiger partial charge >= 0.3 is 7.12 Å². The SMILES string of the molecule is CC(=O)NCC(=Cc1ccc2ncnc(Cl)c2c1)B1OC(C)(C)C(C)(C)O1. The van der Waals surface area contributed by atoms with Crippen LogP contribution in [0.5, 0.6) is 0 Å². The third kappa shape index (κ3) is 4.15. The number of halogens is 1. The highest BCUT2D eigenvalue weighted by Crippen LogP contribution is 2.38. The molecule has 1 aliphatic rings. The van der Waals surface area contributed by atoms with Crippen molar-refractivity contribution in [2.75, 3.05) is 6.54 Å². The lowest BCUT2D eigenvalue weighted by atomic mass is 9.77. The summed E-state index contributed by atoms with van der Waals surface area (Å²) >= 11 is 6.19. The van der Waals surface area contributed by atoms with Crippen molar-refractivity contribution < 1.29 is 14.1 Å². The van der Waals surface area contributed by atoms with Gasteiger partial charge in [0.1, 0.15) is 11.5 Å². The minimum Gasteiger partial charge on any atom is -0.400 e. The van der Waals surface area contributed by atoms with E-state index in [0.717, 1.165) is 21.9 Å². The molecule has 0 saturated carbocycles.